The molecule has 0 aromatic carbocycles. The zero-order chi connectivity index (χ0) is 18.2. The first kappa shape index (κ1) is 17.9. The molecule has 25 heavy (non-hydrogen) atoms. The molecule has 0 N–H and O–H groups in total. The number of rotatable bonds is 4. The molecule has 134 valence electrons. The van der Waals surface area contributed by atoms with E-state index in [1.54, 1.807) is 6.20 Å². The van der Waals surface area contributed by atoms with Crippen LogP contribution in [0.1, 0.15) is 58.0 Å². The lowest BCUT2D eigenvalue weighted by atomic mass is 9.97. The Labute approximate surface area is 148 Å². The van der Waals surface area contributed by atoms with Crippen LogP contribution in [0.15, 0.2) is 12.3 Å². The molecule has 0 radical (unpaired) electrons. The first-order valence-electron chi connectivity index (χ1n) is 8.66. The second-order valence-electron chi connectivity index (χ2n) is 8.08. The van der Waals surface area contributed by atoms with Crippen LogP contribution >= 0.6 is 0 Å². The van der Waals surface area contributed by atoms with Crippen molar-refractivity contribution < 1.29 is 8.42 Å². The van der Waals surface area contributed by atoms with E-state index in [0.29, 0.717) is 12.2 Å². The van der Waals surface area contributed by atoms with Crippen LogP contribution in [0, 0.1) is 16.7 Å². The summed E-state index contributed by atoms with van der Waals surface area (Å²) in [5, 5.41) is 9.63. The third kappa shape index (κ3) is 3.84. The van der Waals surface area contributed by atoms with Crippen LogP contribution in [0.4, 0.5) is 0 Å². The Morgan fingerprint density at radius 2 is 2.00 bits per heavy atom. The average molecular weight is 360 g/mol. The second kappa shape index (κ2) is 6.41. The van der Waals surface area contributed by atoms with Gasteiger partial charge in [-0.25, -0.2) is 18.4 Å². The summed E-state index contributed by atoms with van der Waals surface area (Å²) in [6, 6.07) is 3.81. The summed E-state index contributed by atoms with van der Waals surface area (Å²) < 4.78 is 27.6. The summed E-state index contributed by atoms with van der Waals surface area (Å²) in [6.45, 7) is 6.93. The quantitative estimate of drug-likeness (QED) is 0.835. The summed E-state index contributed by atoms with van der Waals surface area (Å²) in [5.41, 5.74) is 1.33. The predicted octanol–water partition coefficient (Wildman–Crippen LogP) is 3.21. The molecule has 1 aliphatic carbocycles. The normalized spacial score (nSPS) is 16.4. The maximum absolute atomic E-state index is 12.8. The largest absolute Gasteiger partial charge is 0.328 e. The van der Waals surface area contributed by atoms with Gasteiger partial charge in [0, 0.05) is 23.8 Å². The molecule has 0 spiro atoms. The fourth-order valence-electron chi connectivity index (χ4n) is 3.49. The summed E-state index contributed by atoms with van der Waals surface area (Å²) in [4.78, 5) is 8.34. The number of aromatic nitrogens is 3. The molecule has 0 unspecified atom stereocenters. The van der Waals surface area contributed by atoms with Gasteiger partial charge in [-0.3, -0.25) is 0 Å². The molecule has 0 saturated heterocycles. The third-order valence-electron chi connectivity index (χ3n) is 4.61. The zero-order valence-corrected chi connectivity index (χ0v) is 15.8. The molecule has 0 bridgehead atoms. The maximum atomic E-state index is 12.8. The van der Waals surface area contributed by atoms with E-state index < -0.39 is 9.84 Å². The van der Waals surface area contributed by atoms with Gasteiger partial charge in [0.05, 0.1) is 11.0 Å². The van der Waals surface area contributed by atoms with Crippen molar-refractivity contribution in [3.63, 3.8) is 0 Å². The van der Waals surface area contributed by atoms with Gasteiger partial charge < -0.3 is 4.57 Å². The molecule has 1 fully saturated rings. The Morgan fingerprint density at radius 3 is 2.60 bits per heavy atom. The van der Waals surface area contributed by atoms with Crippen LogP contribution in [0.2, 0.25) is 0 Å². The highest BCUT2D eigenvalue weighted by atomic mass is 32.2. The Kier molecular flexibility index (Phi) is 4.58. The van der Waals surface area contributed by atoms with Crippen molar-refractivity contribution >= 4 is 20.9 Å². The molecule has 2 heterocycles. The van der Waals surface area contributed by atoms with Crippen molar-refractivity contribution in [1.82, 2.24) is 14.5 Å². The SMILES string of the molecule is CC(C)(C)Cn1c(CS(=O)(=O)C2CCCC2)cc2cnc(C#N)nc21. The number of nitrogens with zero attached hydrogens (tertiary/aromatic N) is 4. The van der Waals surface area contributed by atoms with E-state index in [4.69, 9.17) is 5.26 Å². The molecule has 1 aliphatic rings. The van der Waals surface area contributed by atoms with Crippen LogP contribution in [0.5, 0.6) is 0 Å². The minimum absolute atomic E-state index is 0.0198. The Hall–Kier alpha value is -1.94. The van der Waals surface area contributed by atoms with Crippen molar-refractivity contribution in [2.75, 3.05) is 0 Å². The minimum atomic E-state index is -3.19. The highest BCUT2D eigenvalue weighted by Crippen LogP contribution is 2.30. The van der Waals surface area contributed by atoms with E-state index in [9.17, 15) is 8.42 Å². The molecule has 3 rings (SSSR count). The smallest absolute Gasteiger partial charge is 0.234 e. The summed E-state index contributed by atoms with van der Waals surface area (Å²) in [5.74, 6) is 0.123. The topological polar surface area (TPSA) is 88.6 Å². The van der Waals surface area contributed by atoms with Gasteiger partial charge >= 0.3 is 0 Å². The molecular weight excluding hydrogens is 336 g/mol. The number of nitriles is 1. The summed E-state index contributed by atoms with van der Waals surface area (Å²) in [6.07, 6.45) is 5.12. The van der Waals surface area contributed by atoms with Gasteiger partial charge in [0.2, 0.25) is 5.82 Å². The van der Waals surface area contributed by atoms with Crippen molar-refractivity contribution in [2.24, 2.45) is 5.41 Å². The van der Waals surface area contributed by atoms with Crippen LogP contribution < -0.4 is 0 Å². The van der Waals surface area contributed by atoms with E-state index in [0.717, 1.165) is 36.8 Å². The Bertz CT molecular complexity index is 926. The molecule has 1 saturated carbocycles. The van der Waals surface area contributed by atoms with E-state index >= 15 is 0 Å². The molecule has 2 aromatic heterocycles. The monoisotopic (exact) mass is 360 g/mol. The molecule has 2 aromatic rings. The number of sulfone groups is 1. The van der Waals surface area contributed by atoms with Gasteiger partial charge in [0.15, 0.2) is 9.84 Å². The predicted molar refractivity (Wildman–Crippen MR) is 96.6 cm³/mol. The van der Waals surface area contributed by atoms with Crippen LogP contribution in [-0.4, -0.2) is 28.2 Å². The lowest BCUT2D eigenvalue weighted by Gasteiger charge is -2.22. The van der Waals surface area contributed by atoms with Gasteiger partial charge in [-0.1, -0.05) is 33.6 Å². The van der Waals surface area contributed by atoms with Crippen LogP contribution in [0.3, 0.4) is 0 Å². The molecule has 6 nitrogen and oxygen atoms in total. The number of hydrogen-bond donors (Lipinski definition) is 0. The molecule has 0 amide bonds. The third-order valence-corrected chi connectivity index (χ3v) is 6.80. The lowest BCUT2D eigenvalue weighted by Crippen LogP contribution is -2.23. The van der Waals surface area contributed by atoms with Crippen molar-refractivity contribution in [3.05, 3.63) is 23.8 Å². The van der Waals surface area contributed by atoms with Gasteiger partial charge in [-0.05, 0) is 24.3 Å². The van der Waals surface area contributed by atoms with Gasteiger partial charge in [0.1, 0.15) is 11.7 Å². The average Bonchev–Trinajstić information content (AvgIpc) is 3.15. The van der Waals surface area contributed by atoms with Gasteiger partial charge in [-0.2, -0.15) is 5.26 Å². The van der Waals surface area contributed by atoms with E-state index in [1.165, 1.54) is 0 Å². The highest BCUT2D eigenvalue weighted by molar-refractivity contribution is 7.91. The molecule has 0 atom stereocenters. The maximum Gasteiger partial charge on any atom is 0.234 e. The van der Waals surface area contributed by atoms with Crippen molar-refractivity contribution in [3.8, 4) is 6.07 Å². The standard InChI is InChI=1S/C18H24N4O2S/c1-18(2,3)12-22-14(11-25(23,24)15-6-4-5-7-15)8-13-10-20-16(9-19)21-17(13)22/h8,10,15H,4-7,11-12H2,1-3H3. The minimum Gasteiger partial charge on any atom is -0.328 e. The summed E-state index contributed by atoms with van der Waals surface area (Å²) in [7, 11) is -3.19. The van der Waals surface area contributed by atoms with Crippen molar-refractivity contribution in [2.45, 2.75) is 64.0 Å². The Balaban J connectivity index is 2.07. The van der Waals surface area contributed by atoms with Crippen LogP contribution in [0.25, 0.3) is 11.0 Å². The fourth-order valence-corrected chi connectivity index (χ4v) is 5.43. The van der Waals surface area contributed by atoms with Gasteiger partial charge in [0.25, 0.3) is 0 Å². The Morgan fingerprint density at radius 1 is 1.32 bits per heavy atom. The highest BCUT2D eigenvalue weighted by Gasteiger charge is 2.30. The first-order valence-corrected chi connectivity index (χ1v) is 10.4. The van der Waals surface area contributed by atoms with E-state index in [2.05, 4.69) is 30.7 Å². The molecular formula is C18H24N4O2S. The summed E-state index contributed by atoms with van der Waals surface area (Å²) >= 11 is 0. The van der Waals surface area contributed by atoms with E-state index in [-0.39, 0.29) is 22.2 Å². The first-order chi connectivity index (χ1) is 11.7. The van der Waals surface area contributed by atoms with Gasteiger partial charge in [-0.15, -0.1) is 0 Å². The molecule has 0 aliphatic heterocycles. The second-order valence-corrected chi connectivity index (χ2v) is 10.4. The fraction of sp³-hybridized carbons (Fsp3) is 0.611. The molecule has 7 heteroatoms. The van der Waals surface area contributed by atoms with E-state index in [1.807, 2.05) is 16.7 Å². The van der Waals surface area contributed by atoms with Crippen molar-refractivity contribution in [1.29, 1.82) is 5.26 Å². The number of fused-ring (bicyclic) bond motifs is 1. The van der Waals surface area contributed by atoms with Crippen LogP contribution in [-0.2, 0) is 22.1 Å². The lowest BCUT2D eigenvalue weighted by molar-refractivity contribution is 0.344. The number of hydrogen-bond acceptors (Lipinski definition) is 5. The zero-order valence-electron chi connectivity index (χ0n) is 15.0.